The van der Waals surface area contributed by atoms with Crippen LogP contribution in [0.2, 0.25) is 5.02 Å². The molecule has 1 saturated heterocycles. The van der Waals surface area contributed by atoms with Crippen LogP contribution in [0.4, 0.5) is 5.69 Å². The maximum Gasteiger partial charge on any atom is 0.229 e. The van der Waals surface area contributed by atoms with Crippen LogP contribution in [0.5, 0.6) is 0 Å². The smallest absolute Gasteiger partial charge is 0.229 e. The molecule has 2 amide bonds. The Morgan fingerprint density at radius 3 is 2.52 bits per heavy atom. The topological polar surface area (TPSA) is 49.4 Å². The van der Waals surface area contributed by atoms with Crippen molar-refractivity contribution in [1.29, 1.82) is 0 Å². The van der Waals surface area contributed by atoms with E-state index in [4.69, 9.17) is 11.6 Å². The molecule has 2 aromatic carbocycles. The van der Waals surface area contributed by atoms with Crippen LogP contribution in [0.1, 0.15) is 17.5 Å². The lowest BCUT2D eigenvalue weighted by Crippen LogP contribution is -2.30. The third-order valence-corrected chi connectivity index (χ3v) is 4.74. The number of benzene rings is 2. The summed E-state index contributed by atoms with van der Waals surface area (Å²) in [5.74, 6) is -0.344. The molecule has 1 aliphatic rings. The van der Waals surface area contributed by atoms with Crippen molar-refractivity contribution < 1.29 is 9.59 Å². The number of likely N-dealkylation sites (tertiary alicyclic amines) is 1. The summed E-state index contributed by atoms with van der Waals surface area (Å²) in [6.07, 6.45) is 1.04. The Hall–Kier alpha value is -2.33. The number of carbonyl (C=O) groups excluding carboxylic acids is 2. The Bertz CT molecular complexity index is 756. The van der Waals surface area contributed by atoms with E-state index in [1.807, 2.05) is 55.5 Å². The summed E-state index contributed by atoms with van der Waals surface area (Å²) >= 11 is 5.88. The normalized spacial score (nSPS) is 17.0. The second kappa shape index (κ2) is 7.70. The summed E-state index contributed by atoms with van der Waals surface area (Å²) in [7, 11) is 0. The van der Waals surface area contributed by atoms with E-state index in [1.165, 1.54) is 0 Å². The van der Waals surface area contributed by atoms with E-state index in [1.54, 1.807) is 4.90 Å². The lowest BCUT2D eigenvalue weighted by Gasteiger charge is -2.16. The lowest BCUT2D eigenvalue weighted by atomic mass is 10.1. The zero-order valence-electron chi connectivity index (χ0n) is 14.2. The van der Waals surface area contributed by atoms with Gasteiger partial charge in [0.2, 0.25) is 11.8 Å². The van der Waals surface area contributed by atoms with Crippen LogP contribution in [0.3, 0.4) is 0 Å². The van der Waals surface area contributed by atoms with Gasteiger partial charge in [0.05, 0.1) is 5.92 Å². The molecule has 1 N–H and O–H groups in total. The largest absolute Gasteiger partial charge is 0.342 e. The first kappa shape index (κ1) is 17.5. The van der Waals surface area contributed by atoms with Crippen molar-refractivity contribution in [3.63, 3.8) is 0 Å². The Labute approximate surface area is 152 Å². The Balaban J connectivity index is 1.53. The quantitative estimate of drug-likeness (QED) is 0.888. The summed E-state index contributed by atoms with van der Waals surface area (Å²) in [5, 5.41) is 3.60. The minimum atomic E-state index is -0.293. The van der Waals surface area contributed by atoms with Gasteiger partial charge in [-0.05, 0) is 43.2 Å². The summed E-state index contributed by atoms with van der Waals surface area (Å²) in [6.45, 7) is 3.10. The number of aryl methyl sites for hydroxylation is 1. The molecule has 1 atom stereocenters. The van der Waals surface area contributed by atoms with E-state index in [0.29, 0.717) is 18.1 Å². The van der Waals surface area contributed by atoms with Crippen LogP contribution in [-0.4, -0.2) is 29.8 Å². The average molecular weight is 357 g/mol. The predicted octanol–water partition coefficient (Wildman–Crippen LogP) is 3.68. The number of nitrogens with one attached hydrogen (secondary N) is 1. The number of amides is 2. The third-order valence-electron chi connectivity index (χ3n) is 4.49. The minimum Gasteiger partial charge on any atom is -0.342 e. The zero-order valence-corrected chi connectivity index (χ0v) is 14.9. The van der Waals surface area contributed by atoms with Gasteiger partial charge in [-0.25, -0.2) is 0 Å². The van der Waals surface area contributed by atoms with Gasteiger partial charge in [0.1, 0.15) is 0 Å². The monoisotopic (exact) mass is 356 g/mol. The van der Waals surface area contributed by atoms with Gasteiger partial charge < -0.3 is 10.2 Å². The lowest BCUT2D eigenvalue weighted by molar-refractivity contribution is -0.128. The molecule has 1 heterocycles. The molecule has 0 saturated carbocycles. The van der Waals surface area contributed by atoms with Gasteiger partial charge in [-0.3, -0.25) is 9.59 Å². The van der Waals surface area contributed by atoms with E-state index < -0.39 is 0 Å². The van der Waals surface area contributed by atoms with Crippen molar-refractivity contribution in [3.05, 3.63) is 64.7 Å². The first-order chi connectivity index (χ1) is 12.0. The van der Waals surface area contributed by atoms with Gasteiger partial charge in [0.25, 0.3) is 0 Å². The van der Waals surface area contributed by atoms with Crippen LogP contribution in [0, 0.1) is 12.8 Å². The third kappa shape index (κ3) is 4.60. The molecule has 0 aliphatic carbocycles. The maximum absolute atomic E-state index is 12.4. The number of carbonyl (C=O) groups is 2. The number of halogens is 1. The van der Waals surface area contributed by atoms with Crippen LogP contribution < -0.4 is 5.32 Å². The predicted molar refractivity (Wildman–Crippen MR) is 99.7 cm³/mol. The standard InChI is InChI=1S/C20H21ClN2O2/c1-14-2-8-18(9-3-14)22-20(25)16-12-19(24)23(13-16)11-10-15-4-6-17(21)7-5-15/h2-9,16H,10-13H2,1H3,(H,22,25)/t16-/m1/s1. The molecule has 4 nitrogen and oxygen atoms in total. The molecule has 1 aliphatic heterocycles. The Morgan fingerprint density at radius 1 is 1.16 bits per heavy atom. The van der Waals surface area contributed by atoms with E-state index in [0.717, 1.165) is 23.2 Å². The molecule has 3 rings (SSSR count). The van der Waals surface area contributed by atoms with Crippen LogP contribution in [0.15, 0.2) is 48.5 Å². The maximum atomic E-state index is 12.4. The Morgan fingerprint density at radius 2 is 1.84 bits per heavy atom. The highest BCUT2D eigenvalue weighted by Crippen LogP contribution is 2.21. The van der Waals surface area contributed by atoms with Crippen molar-refractivity contribution in [2.45, 2.75) is 19.8 Å². The van der Waals surface area contributed by atoms with Crippen LogP contribution >= 0.6 is 11.6 Å². The molecule has 2 aromatic rings. The number of anilines is 1. The van der Waals surface area contributed by atoms with Gasteiger partial charge in [-0.2, -0.15) is 0 Å². The van der Waals surface area contributed by atoms with E-state index in [9.17, 15) is 9.59 Å². The molecule has 0 bridgehead atoms. The van der Waals surface area contributed by atoms with E-state index in [-0.39, 0.29) is 24.2 Å². The molecule has 0 radical (unpaired) electrons. The highest BCUT2D eigenvalue weighted by Gasteiger charge is 2.33. The molecule has 25 heavy (non-hydrogen) atoms. The van der Waals surface area contributed by atoms with Gasteiger partial charge in [-0.1, -0.05) is 41.4 Å². The van der Waals surface area contributed by atoms with Crippen molar-refractivity contribution >= 4 is 29.1 Å². The fourth-order valence-corrected chi connectivity index (χ4v) is 3.09. The van der Waals surface area contributed by atoms with E-state index >= 15 is 0 Å². The number of hydrogen-bond donors (Lipinski definition) is 1. The Kier molecular flexibility index (Phi) is 5.39. The molecule has 0 aromatic heterocycles. The zero-order chi connectivity index (χ0) is 17.8. The average Bonchev–Trinajstić information content (AvgIpc) is 2.97. The van der Waals surface area contributed by atoms with E-state index in [2.05, 4.69) is 5.32 Å². The summed E-state index contributed by atoms with van der Waals surface area (Å²) in [4.78, 5) is 26.4. The second-order valence-corrected chi connectivity index (χ2v) is 6.91. The summed E-state index contributed by atoms with van der Waals surface area (Å²) in [5.41, 5.74) is 3.04. The first-order valence-electron chi connectivity index (χ1n) is 8.41. The fourth-order valence-electron chi connectivity index (χ4n) is 2.96. The van der Waals surface area contributed by atoms with Crippen LogP contribution in [-0.2, 0) is 16.0 Å². The molecular formula is C20H21ClN2O2. The number of rotatable bonds is 5. The highest BCUT2D eigenvalue weighted by molar-refractivity contribution is 6.30. The second-order valence-electron chi connectivity index (χ2n) is 6.47. The SMILES string of the molecule is Cc1ccc(NC(=O)[C@@H]2CC(=O)N(CCc3ccc(Cl)cc3)C2)cc1. The highest BCUT2D eigenvalue weighted by atomic mass is 35.5. The first-order valence-corrected chi connectivity index (χ1v) is 8.79. The van der Waals surface area contributed by atoms with Crippen molar-refractivity contribution in [3.8, 4) is 0 Å². The minimum absolute atomic E-state index is 0.0398. The van der Waals surface area contributed by atoms with Gasteiger partial charge in [0, 0.05) is 30.2 Å². The molecular weight excluding hydrogens is 336 g/mol. The molecule has 5 heteroatoms. The summed E-state index contributed by atoms with van der Waals surface area (Å²) in [6, 6.07) is 15.3. The van der Waals surface area contributed by atoms with Crippen LogP contribution in [0.25, 0.3) is 0 Å². The fraction of sp³-hybridized carbons (Fsp3) is 0.300. The molecule has 0 unspecified atom stereocenters. The molecule has 1 fully saturated rings. The van der Waals surface area contributed by atoms with Crippen molar-refractivity contribution in [2.75, 3.05) is 18.4 Å². The van der Waals surface area contributed by atoms with Gasteiger partial charge >= 0.3 is 0 Å². The van der Waals surface area contributed by atoms with Gasteiger partial charge in [0.15, 0.2) is 0 Å². The number of nitrogens with zero attached hydrogens (tertiary/aromatic N) is 1. The molecule has 0 spiro atoms. The summed E-state index contributed by atoms with van der Waals surface area (Å²) < 4.78 is 0. The number of hydrogen-bond acceptors (Lipinski definition) is 2. The van der Waals surface area contributed by atoms with Crippen molar-refractivity contribution in [1.82, 2.24) is 4.90 Å². The van der Waals surface area contributed by atoms with Gasteiger partial charge in [-0.15, -0.1) is 0 Å². The molecule has 130 valence electrons. The van der Waals surface area contributed by atoms with Crippen molar-refractivity contribution in [2.24, 2.45) is 5.92 Å².